The predicted molar refractivity (Wildman–Crippen MR) is 212 cm³/mol. The Bertz CT molecular complexity index is 3010. The van der Waals surface area contributed by atoms with Gasteiger partial charge in [0.1, 0.15) is 11.2 Å². The van der Waals surface area contributed by atoms with Crippen molar-refractivity contribution in [2.45, 2.75) is 19.3 Å². The van der Waals surface area contributed by atoms with Gasteiger partial charge in [0.15, 0.2) is 0 Å². The average Bonchev–Trinajstić information content (AvgIpc) is 3.65. The third kappa shape index (κ3) is 3.67. The summed E-state index contributed by atoms with van der Waals surface area (Å²) >= 11 is 0. The molecule has 50 heavy (non-hydrogen) atoms. The zero-order valence-corrected chi connectivity index (χ0v) is 27.9. The lowest BCUT2D eigenvalue weighted by Gasteiger charge is -2.21. The summed E-state index contributed by atoms with van der Waals surface area (Å²) in [6.07, 6.45) is 0. The van der Waals surface area contributed by atoms with Crippen molar-refractivity contribution < 1.29 is 4.42 Å². The van der Waals surface area contributed by atoms with Gasteiger partial charge in [-0.25, -0.2) is 0 Å². The van der Waals surface area contributed by atoms with Crippen LogP contribution in [0.4, 0.5) is 0 Å². The summed E-state index contributed by atoms with van der Waals surface area (Å²) in [6.45, 7) is 4.65. The molecule has 1 heterocycles. The molecule has 0 aliphatic heterocycles. The maximum atomic E-state index is 6.75. The molecule has 1 aliphatic carbocycles. The molecule has 0 fully saturated rings. The highest BCUT2D eigenvalue weighted by Gasteiger charge is 2.37. The standard InChI is InChI=1S/C49H32O/c1-49(2)42-18-10-9-17-40(42)47-43(49)25-24-39-41-28-32(22-26-44(41)50-48(39)47)46-37-15-7-5-13-35(37)45(36-14-6-8-16-38(36)46)31-21-23-34-30(27-31)20-19-29-11-3-4-12-33(29)34/h3-28H,1-2H3. The van der Waals surface area contributed by atoms with Gasteiger partial charge >= 0.3 is 0 Å². The number of hydrogen-bond donors (Lipinski definition) is 0. The van der Waals surface area contributed by atoms with E-state index in [1.807, 2.05) is 0 Å². The molecule has 234 valence electrons. The van der Waals surface area contributed by atoms with Crippen molar-refractivity contribution in [3.8, 4) is 33.4 Å². The number of benzene rings is 9. The second kappa shape index (κ2) is 9.94. The first-order chi connectivity index (χ1) is 24.6. The lowest BCUT2D eigenvalue weighted by Crippen LogP contribution is -2.14. The van der Waals surface area contributed by atoms with Gasteiger partial charge in [-0.05, 0) is 100 Å². The first-order valence-corrected chi connectivity index (χ1v) is 17.5. The van der Waals surface area contributed by atoms with E-state index in [1.165, 1.54) is 93.0 Å². The van der Waals surface area contributed by atoms with E-state index in [0.29, 0.717) is 0 Å². The van der Waals surface area contributed by atoms with E-state index in [0.717, 1.165) is 16.6 Å². The Morgan fingerprint density at radius 2 is 0.940 bits per heavy atom. The van der Waals surface area contributed by atoms with E-state index in [1.54, 1.807) is 0 Å². The number of hydrogen-bond acceptors (Lipinski definition) is 1. The van der Waals surface area contributed by atoms with Gasteiger partial charge in [0.2, 0.25) is 0 Å². The Morgan fingerprint density at radius 3 is 1.68 bits per heavy atom. The molecule has 1 nitrogen and oxygen atoms in total. The van der Waals surface area contributed by atoms with Crippen LogP contribution in [0.25, 0.3) is 98.4 Å². The lowest BCUT2D eigenvalue weighted by molar-refractivity contribution is 0.653. The van der Waals surface area contributed by atoms with E-state index < -0.39 is 0 Å². The van der Waals surface area contributed by atoms with Crippen LogP contribution >= 0.6 is 0 Å². The summed E-state index contributed by atoms with van der Waals surface area (Å²) in [7, 11) is 0. The van der Waals surface area contributed by atoms with Gasteiger partial charge in [-0.1, -0.05) is 153 Å². The van der Waals surface area contributed by atoms with E-state index in [2.05, 4.69) is 172 Å². The van der Waals surface area contributed by atoms with Crippen LogP contribution < -0.4 is 0 Å². The fraction of sp³-hybridized carbons (Fsp3) is 0.0612. The van der Waals surface area contributed by atoms with Crippen molar-refractivity contribution in [3.05, 3.63) is 169 Å². The van der Waals surface area contributed by atoms with Crippen molar-refractivity contribution in [3.63, 3.8) is 0 Å². The van der Waals surface area contributed by atoms with Crippen molar-refractivity contribution in [1.82, 2.24) is 0 Å². The highest BCUT2D eigenvalue weighted by Crippen LogP contribution is 2.53. The SMILES string of the molecule is CC1(C)c2ccccc2-c2c1ccc1c2oc2ccc(-c3c4ccccc4c(-c4ccc5c(ccc6ccccc65)c4)c4ccccc34)cc21. The number of fused-ring (bicyclic) bond motifs is 12. The molecule has 0 atom stereocenters. The Hall–Kier alpha value is -6.18. The van der Waals surface area contributed by atoms with Crippen LogP contribution in [-0.2, 0) is 5.41 Å². The van der Waals surface area contributed by atoms with Crippen molar-refractivity contribution in [1.29, 1.82) is 0 Å². The van der Waals surface area contributed by atoms with Crippen LogP contribution in [0.3, 0.4) is 0 Å². The van der Waals surface area contributed by atoms with Gasteiger partial charge in [0.25, 0.3) is 0 Å². The van der Waals surface area contributed by atoms with Crippen LogP contribution in [0, 0.1) is 0 Å². The van der Waals surface area contributed by atoms with Crippen molar-refractivity contribution in [2.24, 2.45) is 0 Å². The van der Waals surface area contributed by atoms with E-state index in [-0.39, 0.29) is 5.41 Å². The quantitative estimate of drug-likeness (QED) is 0.136. The zero-order chi connectivity index (χ0) is 33.1. The fourth-order valence-electron chi connectivity index (χ4n) is 9.09. The molecule has 11 rings (SSSR count). The minimum atomic E-state index is -0.0668. The summed E-state index contributed by atoms with van der Waals surface area (Å²) < 4.78 is 6.75. The molecule has 0 spiro atoms. The van der Waals surface area contributed by atoms with Gasteiger partial charge < -0.3 is 4.42 Å². The molecule has 1 heteroatoms. The summed E-state index contributed by atoms with van der Waals surface area (Å²) in [5, 5.41) is 12.5. The third-order valence-electron chi connectivity index (χ3n) is 11.4. The molecule has 1 aromatic heterocycles. The van der Waals surface area contributed by atoms with Crippen molar-refractivity contribution >= 4 is 65.0 Å². The Balaban J connectivity index is 1.16. The highest BCUT2D eigenvalue weighted by molar-refractivity contribution is 6.23. The normalized spacial score (nSPS) is 13.6. The molecule has 0 saturated heterocycles. The number of furan rings is 1. The average molecular weight is 637 g/mol. The molecule has 0 unspecified atom stereocenters. The second-order valence-corrected chi connectivity index (χ2v) is 14.4. The topological polar surface area (TPSA) is 13.1 Å². The molecule has 0 saturated carbocycles. The molecule has 1 aliphatic rings. The maximum Gasteiger partial charge on any atom is 0.143 e. The molecule has 9 aromatic carbocycles. The molecule has 0 N–H and O–H groups in total. The zero-order valence-electron chi connectivity index (χ0n) is 27.9. The van der Waals surface area contributed by atoms with Crippen LogP contribution in [0.2, 0.25) is 0 Å². The molecular formula is C49H32O. The molecular weight excluding hydrogens is 605 g/mol. The minimum Gasteiger partial charge on any atom is -0.455 e. The van der Waals surface area contributed by atoms with E-state index in [9.17, 15) is 0 Å². The molecule has 0 bridgehead atoms. The van der Waals surface area contributed by atoms with Gasteiger partial charge in [-0.2, -0.15) is 0 Å². The highest BCUT2D eigenvalue weighted by atomic mass is 16.3. The van der Waals surface area contributed by atoms with Gasteiger partial charge in [-0.15, -0.1) is 0 Å². The first-order valence-electron chi connectivity index (χ1n) is 17.5. The first kappa shape index (κ1) is 27.7. The van der Waals surface area contributed by atoms with Crippen LogP contribution in [0.1, 0.15) is 25.0 Å². The maximum absolute atomic E-state index is 6.75. The molecule has 10 aromatic rings. The summed E-state index contributed by atoms with van der Waals surface area (Å²) in [5.41, 5.74) is 12.0. The van der Waals surface area contributed by atoms with Gasteiger partial charge in [0.05, 0.1) is 0 Å². The van der Waals surface area contributed by atoms with Crippen LogP contribution in [0.15, 0.2) is 162 Å². The van der Waals surface area contributed by atoms with E-state index in [4.69, 9.17) is 4.42 Å². The number of rotatable bonds is 2. The third-order valence-corrected chi connectivity index (χ3v) is 11.4. The lowest BCUT2D eigenvalue weighted by atomic mass is 9.82. The largest absolute Gasteiger partial charge is 0.455 e. The second-order valence-electron chi connectivity index (χ2n) is 14.4. The monoisotopic (exact) mass is 636 g/mol. The van der Waals surface area contributed by atoms with Gasteiger partial charge in [-0.3, -0.25) is 0 Å². The predicted octanol–water partition coefficient (Wildman–Crippen LogP) is 13.8. The fourth-order valence-corrected chi connectivity index (χ4v) is 9.09. The van der Waals surface area contributed by atoms with E-state index >= 15 is 0 Å². The summed E-state index contributed by atoms with van der Waals surface area (Å²) in [5.74, 6) is 0. The summed E-state index contributed by atoms with van der Waals surface area (Å²) in [4.78, 5) is 0. The van der Waals surface area contributed by atoms with Gasteiger partial charge in [0, 0.05) is 21.8 Å². The Kier molecular flexibility index (Phi) is 5.51. The van der Waals surface area contributed by atoms with Crippen molar-refractivity contribution in [2.75, 3.05) is 0 Å². The Morgan fingerprint density at radius 1 is 0.380 bits per heavy atom. The Labute approximate surface area is 290 Å². The summed E-state index contributed by atoms with van der Waals surface area (Å²) in [6, 6.07) is 58.2. The minimum absolute atomic E-state index is 0.0668. The van der Waals surface area contributed by atoms with Crippen LogP contribution in [0.5, 0.6) is 0 Å². The molecule has 0 amide bonds. The smallest absolute Gasteiger partial charge is 0.143 e. The van der Waals surface area contributed by atoms with Crippen LogP contribution in [-0.4, -0.2) is 0 Å². The molecule has 0 radical (unpaired) electrons.